The number of fused-ring (bicyclic) bond motifs is 1. The first-order valence-corrected chi connectivity index (χ1v) is 15.1. The minimum atomic E-state index is -0.914. The van der Waals surface area contributed by atoms with Crippen LogP contribution in [-0.2, 0) is 20.8 Å². The van der Waals surface area contributed by atoms with Gasteiger partial charge in [-0.2, -0.15) is 12.6 Å². The molecule has 3 atom stereocenters. The normalized spacial score (nSPS) is 14.5. The van der Waals surface area contributed by atoms with Crippen molar-refractivity contribution in [3.63, 3.8) is 0 Å². The number of hydrogen-bond acceptors (Lipinski definition) is 7. The van der Waals surface area contributed by atoms with E-state index in [1.165, 1.54) is 11.1 Å². The van der Waals surface area contributed by atoms with Gasteiger partial charge < -0.3 is 16.0 Å². The molecule has 1 aromatic heterocycles. The number of nitrogens with zero attached hydrogens (tertiary/aromatic N) is 2. The van der Waals surface area contributed by atoms with E-state index in [-0.39, 0.29) is 37.1 Å². The van der Waals surface area contributed by atoms with E-state index in [1.54, 1.807) is 42.6 Å². The molecule has 0 aliphatic carbocycles. The number of thiol groups is 1. The topological polar surface area (TPSA) is 138 Å². The summed E-state index contributed by atoms with van der Waals surface area (Å²) in [6.45, 7) is 4.02. The van der Waals surface area contributed by atoms with E-state index in [4.69, 9.17) is 0 Å². The summed E-state index contributed by atoms with van der Waals surface area (Å²) in [5.41, 5.74) is 2.10. The van der Waals surface area contributed by atoms with E-state index in [1.807, 2.05) is 44.2 Å². The molecule has 0 unspecified atom stereocenters. The molecule has 2 aromatic carbocycles. The monoisotopic (exact) mass is 615 g/mol. The van der Waals surface area contributed by atoms with Crippen molar-refractivity contribution in [1.29, 1.82) is 0 Å². The Balaban J connectivity index is 1.37. The SMILES string of the molecule is CC(C)C[C@H](NC(=O)[C@@H](S)CCCN1C(=O)c2ccccc2C1=O)C(=O)N[C@@H](Cc1ccccc1)C(=O)Nc1cccnc1. The molecule has 44 heavy (non-hydrogen) atoms. The molecule has 0 bridgehead atoms. The third-order valence-electron chi connectivity index (χ3n) is 7.22. The second kappa shape index (κ2) is 15.3. The molecular formula is C33H37N5O5S. The average molecular weight is 616 g/mol. The van der Waals surface area contributed by atoms with Crippen LogP contribution in [0.2, 0.25) is 0 Å². The van der Waals surface area contributed by atoms with Gasteiger partial charge in [0.05, 0.1) is 28.3 Å². The summed E-state index contributed by atoms with van der Waals surface area (Å²) in [5, 5.41) is 7.66. The molecule has 0 fully saturated rings. The van der Waals surface area contributed by atoms with Crippen molar-refractivity contribution in [2.45, 2.75) is 56.9 Å². The van der Waals surface area contributed by atoms with Crippen molar-refractivity contribution in [2.75, 3.05) is 11.9 Å². The molecule has 10 nitrogen and oxygen atoms in total. The van der Waals surface area contributed by atoms with Gasteiger partial charge in [0.1, 0.15) is 12.1 Å². The highest BCUT2D eigenvalue weighted by molar-refractivity contribution is 7.81. The number of nitrogens with one attached hydrogen (secondary N) is 3. The van der Waals surface area contributed by atoms with E-state index < -0.39 is 35.1 Å². The molecule has 0 saturated heterocycles. The zero-order valence-corrected chi connectivity index (χ0v) is 25.6. The lowest BCUT2D eigenvalue weighted by Crippen LogP contribution is -2.54. The van der Waals surface area contributed by atoms with Crippen LogP contribution in [0.15, 0.2) is 79.1 Å². The number of carbonyl (C=O) groups excluding carboxylic acids is 5. The molecule has 230 valence electrons. The third kappa shape index (κ3) is 8.53. The van der Waals surface area contributed by atoms with Crippen molar-refractivity contribution in [3.05, 3.63) is 95.8 Å². The Bertz CT molecular complexity index is 1450. The minimum Gasteiger partial charge on any atom is -0.343 e. The smallest absolute Gasteiger partial charge is 0.261 e. The molecule has 0 radical (unpaired) electrons. The van der Waals surface area contributed by atoms with Crippen LogP contribution >= 0.6 is 12.6 Å². The van der Waals surface area contributed by atoms with Crippen molar-refractivity contribution in [1.82, 2.24) is 20.5 Å². The molecular weight excluding hydrogens is 578 g/mol. The first-order valence-electron chi connectivity index (χ1n) is 14.6. The standard InChI is InChI=1S/C33H37N5O5S/c1-21(2)18-26(37-31(41)28(44)15-9-17-38-32(42)24-13-6-7-14-25(24)33(38)43)30(40)36-27(19-22-10-4-3-5-11-22)29(39)35-23-12-8-16-34-20-23/h3-8,10-14,16,20-21,26-28,44H,9,15,17-19H2,1-2H3,(H,35,39)(H,36,40)(H,37,41)/t26-,27-,28-/m0/s1. The molecule has 4 rings (SSSR count). The number of imide groups is 1. The average Bonchev–Trinajstić information content (AvgIpc) is 3.26. The highest BCUT2D eigenvalue weighted by atomic mass is 32.1. The van der Waals surface area contributed by atoms with Gasteiger partial charge in [0.2, 0.25) is 17.7 Å². The van der Waals surface area contributed by atoms with Gasteiger partial charge in [-0.3, -0.25) is 33.9 Å². The predicted octanol–water partition coefficient (Wildman–Crippen LogP) is 3.65. The van der Waals surface area contributed by atoms with Crippen LogP contribution in [0.25, 0.3) is 0 Å². The maximum absolute atomic E-state index is 13.5. The second-order valence-electron chi connectivity index (χ2n) is 11.1. The summed E-state index contributed by atoms with van der Waals surface area (Å²) < 4.78 is 0. The van der Waals surface area contributed by atoms with Gasteiger partial charge in [-0.1, -0.05) is 56.3 Å². The number of pyridine rings is 1. The molecule has 3 N–H and O–H groups in total. The van der Waals surface area contributed by atoms with Crippen LogP contribution in [0, 0.1) is 5.92 Å². The first-order chi connectivity index (χ1) is 21.1. The van der Waals surface area contributed by atoms with Crippen molar-refractivity contribution in [3.8, 4) is 0 Å². The van der Waals surface area contributed by atoms with Crippen LogP contribution in [0.3, 0.4) is 0 Å². The molecule has 3 aromatic rings. The Morgan fingerprint density at radius 1 is 0.818 bits per heavy atom. The number of hydrogen-bond donors (Lipinski definition) is 4. The summed E-state index contributed by atoms with van der Waals surface area (Å²) in [7, 11) is 0. The molecule has 2 heterocycles. The van der Waals surface area contributed by atoms with Crippen molar-refractivity contribution in [2.24, 2.45) is 5.92 Å². The molecule has 1 aliphatic heterocycles. The van der Waals surface area contributed by atoms with Crippen molar-refractivity contribution < 1.29 is 24.0 Å². The number of carbonyl (C=O) groups is 5. The molecule has 0 spiro atoms. The molecule has 0 saturated carbocycles. The van der Waals surface area contributed by atoms with Gasteiger partial charge in [0.15, 0.2) is 0 Å². The summed E-state index contributed by atoms with van der Waals surface area (Å²) in [5.74, 6) is -1.98. The Morgan fingerprint density at radius 2 is 1.45 bits per heavy atom. The van der Waals surface area contributed by atoms with Gasteiger partial charge in [0, 0.05) is 19.2 Å². The molecule has 5 amide bonds. The Morgan fingerprint density at radius 3 is 2.07 bits per heavy atom. The quantitative estimate of drug-likeness (QED) is 0.161. The van der Waals surface area contributed by atoms with Crippen molar-refractivity contribution >= 4 is 47.9 Å². The van der Waals surface area contributed by atoms with Gasteiger partial charge in [-0.25, -0.2) is 0 Å². The highest BCUT2D eigenvalue weighted by Gasteiger charge is 2.35. The van der Waals surface area contributed by atoms with Gasteiger partial charge >= 0.3 is 0 Å². The Labute approximate surface area is 262 Å². The second-order valence-corrected chi connectivity index (χ2v) is 11.8. The predicted molar refractivity (Wildman–Crippen MR) is 170 cm³/mol. The zero-order chi connectivity index (χ0) is 31.6. The Kier molecular flexibility index (Phi) is 11.3. The van der Waals surface area contributed by atoms with Crippen LogP contribution in [-0.4, -0.2) is 63.3 Å². The lowest BCUT2D eigenvalue weighted by atomic mass is 10.0. The van der Waals surface area contributed by atoms with Gasteiger partial charge in [-0.05, 0) is 55.0 Å². The lowest BCUT2D eigenvalue weighted by Gasteiger charge is -2.25. The summed E-state index contributed by atoms with van der Waals surface area (Å²) in [4.78, 5) is 70.4. The van der Waals surface area contributed by atoms with E-state index in [0.717, 1.165) is 5.56 Å². The molecule has 1 aliphatic rings. The van der Waals surface area contributed by atoms with Crippen LogP contribution in [0.1, 0.15) is 59.4 Å². The highest BCUT2D eigenvalue weighted by Crippen LogP contribution is 2.23. The first kappa shape index (κ1) is 32.4. The van der Waals surface area contributed by atoms with E-state index in [0.29, 0.717) is 29.7 Å². The number of amides is 5. The van der Waals surface area contributed by atoms with Gasteiger partial charge in [-0.15, -0.1) is 0 Å². The lowest BCUT2D eigenvalue weighted by molar-refractivity contribution is -0.131. The van der Waals surface area contributed by atoms with E-state index in [9.17, 15) is 24.0 Å². The van der Waals surface area contributed by atoms with Crippen LogP contribution in [0.5, 0.6) is 0 Å². The van der Waals surface area contributed by atoms with E-state index in [2.05, 4.69) is 33.6 Å². The van der Waals surface area contributed by atoms with Crippen LogP contribution < -0.4 is 16.0 Å². The maximum atomic E-state index is 13.5. The number of rotatable bonds is 14. The van der Waals surface area contributed by atoms with E-state index >= 15 is 0 Å². The minimum absolute atomic E-state index is 0.0648. The van der Waals surface area contributed by atoms with Gasteiger partial charge in [0.25, 0.3) is 11.8 Å². The third-order valence-corrected chi connectivity index (χ3v) is 7.72. The van der Waals surface area contributed by atoms with Crippen LogP contribution in [0.4, 0.5) is 5.69 Å². The zero-order valence-electron chi connectivity index (χ0n) is 24.7. The summed E-state index contributed by atoms with van der Waals surface area (Å²) in [6.07, 6.45) is 4.34. The summed E-state index contributed by atoms with van der Waals surface area (Å²) in [6, 6.07) is 17.6. The number of aromatic nitrogens is 1. The fourth-order valence-electron chi connectivity index (χ4n) is 4.98. The number of benzene rings is 2. The molecule has 11 heteroatoms. The fourth-order valence-corrected chi connectivity index (χ4v) is 5.24. The fraction of sp³-hybridized carbons (Fsp3) is 0.333. The number of anilines is 1. The largest absolute Gasteiger partial charge is 0.343 e. The maximum Gasteiger partial charge on any atom is 0.261 e. The Hall–Kier alpha value is -4.51. The summed E-state index contributed by atoms with van der Waals surface area (Å²) >= 11 is 4.45.